The topological polar surface area (TPSA) is 296 Å². The first kappa shape index (κ1) is 30.4. The number of nitrogen functional groups attached to an aromatic ring is 1. The molecule has 0 amide bonds. The molecule has 0 saturated carbocycles. The van der Waals surface area contributed by atoms with Crippen molar-refractivity contribution in [3.8, 4) is 0 Å². The van der Waals surface area contributed by atoms with Crippen molar-refractivity contribution in [2.45, 2.75) is 24.0 Å². The van der Waals surface area contributed by atoms with Gasteiger partial charge in [-0.25, -0.2) is 33.0 Å². The Balaban J connectivity index is 1.69. The van der Waals surface area contributed by atoms with Gasteiger partial charge in [-0.3, -0.25) is 13.9 Å². The Hall–Kier alpha value is -2.54. The van der Waals surface area contributed by atoms with Crippen molar-refractivity contribution in [2.75, 3.05) is 12.3 Å². The molecular weight excluding hydrogens is 610 g/mol. The van der Waals surface area contributed by atoms with E-state index in [2.05, 4.69) is 28.1 Å². The minimum atomic E-state index is -5.86. The molecule has 1 fully saturated rings. The van der Waals surface area contributed by atoms with Crippen molar-refractivity contribution in [1.82, 2.24) is 19.5 Å². The standard InChI is InChI=1S/C17H19FN5O14P3/c18-9-3-1-8(2-4-9)13(25)17(23-7-22-11-15(19)20-6-21-16(11)23)14(26)12(24)10(35-17)5-34-39(30,31)37-40(32,33)36-38(27,28)29/h1-4,6-7,10,12,14,24,26H,5H2,(H,30,31)(H,32,33)(H2,19,20,21)(H2,27,28,29)/t10-,12-,14-,17-/m1/s1. The van der Waals surface area contributed by atoms with Crippen LogP contribution in [0.1, 0.15) is 10.4 Å². The number of fused-ring (bicyclic) bond motifs is 1. The summed E-state index contributed by atoms with van der Waals surface area (Å²) in [7, 11) is -17.2. The second kappa shape index (κ2) is 10.7. The van der Waals surface area contributed by atoms with Gasteiger partial charge in [0.05, 0.1) is 6.61 Å². The number of nitrogens with two attached hydrogens (primary N) is 1. The summed E-state index contributed by atoms with van der Waals surface area (Å²) in [6.45, 7) is -1.22. The number of hydrogen-bond acceptors (Lipinski definition) is 14. The summed E-state index contributed by atoms with van der Waals surface area (Å²) in [6.07, 6.45) is -4.16. The quantitative estimate of drug-likeness (QED) is 0.110. The van der Waals surface area contributed by atoms with Crippen LogP contribution in [-0.2, 0) is 37.3 Å². The van der Waals surface area contributed by atoms with Crippen LogP contribution in [-0.4, -0.2) is 80.0 Å². The van der Waals surface area contributed by atoms with Crippen LogP contribution in [0.5, 0.6) is 0 Å². The Morgan fingerprint density at radius 1 is 1.05 bits per heavy atom. The fourth-order valence-electron chi connectivity index (χ4n) is 3.81. The first-order valence-electron chi connectivity index (χ1n) is 10.5. The number of carbonyl (C=O) groups excluding carboxylic acids is 1. The third-order valence-electron chi connectivity index (χ3n) is 5.41. The number of rotatable bonds is 10. The van der Waals surface area contributed by atoms with Gasteiger partial charge in [-0.05, 0) is 24.3 Å². The average Bonchev–Trinajstić information content (AvgIpc) is 3.37. The maximum Gasteiger partial charge on any atom is 0.490 e. The number of carbonyl (C=O) groups is 1. The number of ketones is 1. The summed E-state index contributed by atoms with van der Waals surface area (Å²) in [5.41, 5.74) is 2.72. The van der Waals surface area contributed by atoms with E-state index in [-0.39, 0.29) is 22.5 Å². The Bertz CT molecular complexity index is 1580. The minimum Gasteiger partial charge on any atom is -0.387 e. The predicted octanol–water partition coefficient (Wildman–Crippen LogP) is -0.453. The molecule has 218 valence electrons. The van der Waals surface area contributed by atoms with Crippen molar-refractivity contribution in [2.24, 2.45) is 0 Å². The maximum absolute atomic E-state index is 13.8. The lowest BCUT2D eigenvalue weighted by atomic mass is 9.93. The van der Waals surface area contributed by atoms with Gasteiger partial charge in [0.2, 0.25) is 11.5 Å². The van der Waals surface area contributed by atoms with Crippen molar-refractivity contribution in [3.63, 3.8) is 0 Å². The number of Topliss-reactive ketones (excluding diaryl/α,β-unsaturated/α-hetero) is 1. The van der Waals surface area contributed by atoms with Gasteiger partial charge in [0.1, 0.15) is 42.3 Å². The van der Waals surface area contributed by atoms with Gasteiger partial charge in [0.15, 0.2) is 11.5 Å². The van der Waals surface area contributed by atoms with E-state index in [4.69, 9.17) is 20.3 Å². The molecule has 1 aromatic carbocycles. The highest BCUT2D eigenvalue weighted by Gasteiger charge is 2.61. The van der Waals surface area contributed by atoms with E-state index in [1.165, 1.54) is 0 Å². The fourth-order valence-corrected chi connectivity index (χ4v) is 6.84. The first-order chi connectivity index (χ1) is 18.5. The normalized spacial score (nSPS) is 26.4. The van der Waals surface area contributed by atoms with Crippen LogP contribution < -0.4 is 5.73 Å². The largest absolute Gasteiger partial charge is 0.490 e. The molecule has 0 radical (unpaired) electrons. The van der Waals surface area contributed by atoms with Gasteiger partial charge in [-0.2, -0.15) is 8.62 Å². The van der Waals surface area contributed by atoms with Gasteiger partial charge < -0.3 is 40.3 Å². The monoisotopic (exact) mass is 629 g/mol. The van der Waals surface area contributed by atoms with Gasteiger partial charge in [0, 0.05) is 5.56 Å². The smallest absolute Gasteiger partial charge is 0.387 e. The number of hydrogen-bond donors (Lipinski definition) is 7. The number of phosphoric acid groups is 3. The number of aliphatic hydroxyl groups is 2. The van der Waals surface area contributed by atoms with Crippen molar-refractivity contribution in [3.05, 3.63) is 48.3 Å². The highest BCUT2D eigenvalue weighted by atomic mass is 31.3. The molecule has 23 heteroatoms. The highest BCUT2D eigenvalue weighted by molar-refractivity contribution is 7.66. The molecule has 1 aliphatic heterocycles. The molecule has 3 heterocycles. The van der Waals surface area contributed by atoms with E-state index in [1.807, 2.05) is 0 Å². The molecule has 1 aliphatic rings. The molecule has 0 spiro atoms. The number of anilines is 1. The van der Waals surface area contributed by atoms with Crippen molar-refractivity contribution >= 4 is 46.2 Å². The predicted molar refractivity (Wildman–Crippen MR) is 125 cm³/mol. The number of aliphatic hydroxyl groups excluding tert-OH is 2. The van der Waals surface area contributed by atoms with Crippen LogP contribution >= 0.6 is 23.5 Å². The van der Waals surface area contributed by atoms with Crippen LogP contribution in [0.2, 0.25) is 0 Å². The second-order valence-corrected chi connectivity index (χ2v) is 12.5. The molecule has 1 saturated heterocycles. The molecule has 8 N–H and O–H groups in total. The summed E-state index contributed by atoms with van der Waals surface area (Å²) in [5.74, 6) is -1.91. The van der Waals surface area contributed by atoms with E-state index >= 15 is 0 Å². The number of ether oxygens (including phenoxy) is 1. The van der Waals surface area contributed by atoms with E-state index in [9.17, 15) is 42.9 Å². The third-order valence-corrected chi connectivity index (χ3v) is 9.21. The Morgan fingerprint density at radius 2 is 1.70 bits per heavy atom. The molecule has 2 aromatic heterocycles. The molecule has 6 atom stereocenters. The van der Waals surface area contributed by atoms with Gasteiger partial charge in [-0.15, -0.1) is 0 Å². The molecular formula is C17H19FN5O14P3. The molecule has 2 unspecified atom stereocenters. The van der Waals surface area contributed by atoms with Crippen LogP contribution in [0.15, 0.2) is 36.9 Å². The molecule has 0 bridgehead atoms. The second-order valence-electron chi connectivity index (χ2n) is 8.06. The van der Waals surface area contributed by atoms with Crippen molar-refractivity contribution < 1.29 is 70.5 Å². The van der Waals surface area contributed by atoms with E-state index < -0.39 is 65.7 Å². The SMILES string of the molecule is Nc1ncnc2c1ncn2[C@]1(C(=O)c2ccc(F)cc2)O[C@H](COP(=O)(O)OP(=O)(O)OP(=O)(O)O)[C@@H](O)[C@H]1O. The summed E-state index contributed by atoms with van der Waals surface area (Å²) >= 11 is 0. The zero-order valence-corrected chi connectivity index (χ0v) is 22.1. The van der Waals surface area contributed by atoms with Crippen LogP contribution in [0.4, 0.5) is 10.2 Å². The number of aromatic nitrogens is 4. The van der Waals surface area contributed by atoms with Gasteiger partial charge in [0.25, 0.3) is 0 Å². The molecule has 0 aliphatic carbocycles. The molecule has 3 aromatic rings. The van der Waals surface area contributed by atoms with E-state index in [0.717, 1.165) is 41.5 Å². The van der Waals surface area contributed by atoms with Crippen LogP contribution in [0, 0.1) is 5.82 Å². The number of halogens is 1. The lowest BCUT2D eigenvalue weighted by Crippen LogP contribution is -2.51. The average molecular weight is 629 g/mol. The number of phosphoric ester groups is 1. The first-order valence-corrected chi connectivity index (χ1v) is 15.0. The summed E-state index contributed by atoms with van der Waals surface area (Å²) in [4.78, 5) is 61.8. The van der Waals surface area contributed by atoms with E-state index in [0.29, 0.717) is 0 Å². The third kappa shape index (κ3) is 6.05. The zero-order valence-electron chi connectivity index (χ0n) is 19.4. The fraction of sp³-hybridized carbons (Fsp3) is 0.294. The van der Waals surface area contributed by atoms with Gasteiger partial charge >= 0.3 is 23.5 Å². The zero-order chi connectivity index (χ0) is 29.7. The minimum absolute atomic E-state index is 0.0456. The van der Waals surface area contributed by atoms with Gasteiger partial charge in [-0.1, -0.05) is 0 Å². The summed E-state index contributed by atoms with van der Waals surface area (Å²) in [5, 5.41) is 21.8. The highest BCUT2D eigenvalue weighted by Crippen LogP contribution is 2.66. The van der Waals surface area contributed by atoms with Crippen LogP contribution in [0.3, 0.4) is 0 Å². The van der Waals surface area contributed by atoms with Crippen LogP contribution in [0.25, 0.3) is 11.2 Å². The van der Waals surface area contributed by atoms with Crippen molar-refractivity contribution in [1.29, 1.82) is 0 Å². The lowest BCUT2D eigenvalue weighted by Gasteiger charge is -2.32. The molecule has 40 heavy (non-hydrogen) atoms. The number of benzene rings is 1. The summed E-state index contributed by atoms with van der Waals surface area (Å²) in [6, 6.07) is 3.95. The number of nitrogens with zero attached hydrogens (tertiary/aromatic N) is 4. The molecule has 19 nitrogen and oxygen atoms in total. The Morgan fingerprint density at radius 3 is 2.33 bits per heavy atom. The summed E-state index contributed by atoms with van der Waals surface area (Å²) < 4.78 is 66.3. The molecule has 4 rings (SSSR count). The Labute approximate surface area is 221 Å². The number of imidazole rings is 1. The van der Waals surface area contributed by atoms with E-state index in [1.54, 1.807) is 0 Å². The maximum atomic E-state index is 13.8. The lowest BCUT2D eigenvalue weighted by molar-refractivity contribution is -0.112. The Kier molecular flexibility index (Phi) is 8.14.